The molecular formula is C13H20O7. The van der Waals surface area contributed by atoms with Crippen LogP contribution in [0.2, 0.25) is 0 Å². The average Bonchev–Trinajstić information content (AvgIpc) is 2.90. The van der Waals surface area contributed by atoms with Crippen molar-refractivity contribution in [3.05, 3.63) is 0 Å². The Morgan fingerprint density at radius 3 is 2.45 bits per heavy atom. The molecule has 0 spiro atoms. The maximum atomic E-state index is 12.1. The van der Waals surface area contributed by atoms with Crippen molar-refractivity contribution in [2.45, 2.75) is 63.2 Å². The van der Waals surface area contributed by atoms with Crippen LogP contribution in [0.15, 0.2) is 0 Å². The molecule has 7 heteroatoms. The van der Waals surface area contributed by atoms with E-state index in [1.165, 1.54) is 0 Å². The molecule has 4 unspecified atom stereocenters. The molecule has 4 atom stereocenters. The van der Waals surface area contributed by atoms with Gasteiger partial charge >= 0.3 is 5.97 Å². The zero-order chi connectivity index (χ0) is 14.8. The lowest BCUT2D eigenvalue weighted by molar-refractivity contribution is -0.210. The number of carbonyl (C=O) groups excluding carboxylic acids is 1. The molecule has 1 N–H and O–H groups in total. The van der Waals surface area contributed by atoms with Crippen molar-refractivity contribution in [2.24, 2.45) is 0 Å². The van der Waals surface area contributed by atoms with E-state index in [1.54, 1.807) is 27.7 Å². The lowest BCUT2D eigenvalue weighted by Crippen LogP contribution is -2.49. The molecule has 3 aliphatic rings. The summed E-state index contributed by atoms with van der Waals surface area (Å²) >= 11 is 0. The first-order valence-electron chi connectivity index (χ1n) is 6.71. The third-order valence-electron chi connectivity index (χ3n) is 3.82. The van der Waals surface area contributed by atoms with Crippen LogP contribution >= 0.6 is 0 Å². The number of aliphatic hydroxyl groups excluding tert-OH is 1. The molecule has 0 amide bonds. The van der Waals surface area contributed by atoms with E-state index < -0.39 is 48.1 Å². The Bertz CT molecular complexity index is 432. The van der Waals surface area contributed by atoms with Crippen molar-refractivity contribution in [2.75, 3.05) is 13.2 Å². The number of fused-ring (bicyclic) bond motifs is 1. The van der Waals surface area contributed by atoms with Crippen molar-refractivity contribution in [3.63, 3.8) is 0 Å². The number of ether oxygens (including phenoxy) is 5. The van der Waals surface area contributed by atoms with Crippen LogP contribution in [-0.4, -0.2) is 59.8 Å². The minimum Gasteiger partial charge on any atom is -0.454 e. The molecule has 20 heavy (non-hydrogen) atoms. The number of hydrogen-bond acceptors (Lipinski definition) is 7. The maximum Gasteiger partial charge on any atom is 0.344 e. The van der Waals surface area contributed by atoms with Crippen LogP contribution < -0.4 is 0 Å². The number of esters is 1. The zero-order valence-electron chi connectivity index (χ0n) is 12.0. The standard InChI is InChI=1S/C13H20O7/c1-11(2)16-5-7(18-11)8-9-13(6-14,10(15)17-8)20-12(3,4)19-9/h7-9,14H,5-6H2,1-4H3. The second-order valence-corrected chi connectivity index (χ2v) is 6.33. The van der Waals surface area contributed by atoms with E-state index in [1.807, 2.05) is 0 Å². The summed E-state index contributed by atoms with van der Waals surface area (Å²) < 4.78 is 28.0. The van der Waals surface area contributed by atoms with Crippen molar-refractivity contribution >= 4 is 5.97 Å². The van der Waals surface area contributed by atoms with Crippen molar-refractivity contribution in [3.8, 4) is 0 Å². The Balaban J connectivity index is 1.87. The quantitative estimate of drug-likeness (QED) is 0.713. The van der Waals surface area contributed by atoms with Crippen LogP contribution in [0.25, 0.3) is 0 Å². The molecule has 3 heterocycles. The van der Waals surface area contributed by atoms with Gasteiger partial charge in [0.25, 0.3) is 0 Å². The highest BCUT2D eigenvalue weighted by molar-refractivity contribution is 5.84. The molecule has 114 valence electrons. The molecule has 3 aliphatic heterocycles. The first-order valence-corrected chi connectivity index (χ1v) is 6.71. The van der Waals surface area contributed by atoms with Gasteiger partial charge in [0.2, 0.25) is 5.60 Å². The first-order chi connectivity index (χ1) is 9.19. The number of aliphatic hydroxyl groups is 1. The lowest BCUT2D eigenvalue weighted by Gasteiger charge is -2.25. The second kappa shape index (κ2) is 4.14. The van der Waals surface area contributed by atoms with Gasteiger partial charge in [0.15, 0.2) is 17.7 Å². The lowest BCUT2D eigenvalue weighted by atomic mass is 9.95. The number of hydrogen-bond donors (Lipinski definition) is 1. The summed E-state index contributed by atoms with van der Waals surface area (Å²) in [7, 11) is 0. The molecule has 0 aliphatic carbocycles. The smallest absolute Gasteiger partial charge is 0.344 e. The fraction of sp³-hybridized carbons (Fsp3) is 0.923. The molecule has 7 nitrogen and oxygen atoms in total. The molecule has 0 radical (unpaired) electrons. The van der Waals surface area contributed by atoms with E-state index in [4.69, 9.17) is 23.7 Å². The van der Waals surface area contributed by atoms with Crippen molar-refractivity contribution in [1.82, 2.24) is 0 Å². The van der Waals surface area contributed by atoms with Gasteiger partial charge in [-0.1, -0.05) is 0 Å². The van der Waals surface area contributed by atoms with Crippen LogP contribution in [0.4, 0.5) is 0 Å². The van der Waals surface area contributed by atoms with E-state index in [0.717, 1.165) is 0 Å². The summed E-state index contributed by atoms with van der Waals surface area (Å²) in [6.45, 7) is 6.78. The molecule has 0 aromatic heterocycles. The Labute approximate surface area is 117 Å². The van der Waals surface area contributed by atoms with E-state index in [-0.39, 0.29) is 0 Å². The Kier molecular flexibility index (Phi) is 2.94. The largest absolute Gasteiger partial charge is 0.454 e. The van der Waals surface area contributed by atoms with Gasteiger partial charge in [-0.15, -0.1) is 0 Å². The molecular weight excluding hydrogens is 268 g/mol. The van der Waals surface area contributed by atoms with Gasteiger partial charge < -0.3 is 28.8 Å². The minimum atomic E-state index is -1.47. The van der Waals surface area contributed by atoms with Crippen LogP contribution in [0.3, 0.4) is 0 Å². The molecule has 3 rings (SSSR count). The summed E-state index contributed by atoms with van der Waals surface area (Å²) in [5, 5.41) is 9.61. The SMILES string of the molecule is CC1(C)OCC(C2OC(=O)C3(CO)OC(C)(C)OC23)O1. The van der Waals surface area contributed by atoms with Crippen LogP contribution in [0.1, 0.15) is 27.7 Å². The molecule has 0 aromatic rings. The van der Waals surface area contributed by atoms with E-state index in [0.29, 0.717) is 6.61 Å². The van der Waals surface area contributed by atoms with Gasteiger partial charge in [-0.3, -0.25) is 0 Å². The van der Waals surface area contributed by atoms with Crippen molar-refractivity contribution in [1.29, 1.82) is 0 Å². The van der Waals surface area contributed by atoms with Gasteiger partial charge in [-0.05, 0) is 27.7 Å². The Hall–Kier alpha value is -0.730. The third kappa shape index (κ3) is 1.96. The Morgan fingerprint density at radius 2 is 1.90 bits per heavy atom. The van der Waals surface area contributed by atoms with E-state index in [9.17, 15) is 9.90 Å². The van der Waals surface area contributed by atoms with E-state index in [2.05, 4.69) is 0 Å². The highest BCUT2D eigenvalue weighted by Crippen LogP contribution is 2.46. The predicted octanol–water partition coefficient (Wildman–Crippen LogP) is -0.0541. The monoisotopic (exact) mass is 288 g/mol. The van der Waals surface area contributed by atoms with Gasteiger partial charge in [-0.2, -0.15) is 0 Å². The fourth-order valence-electron chi connectivity index (χ4n) is 3.03. The summed E-state index contributed by atoms with van der Waals surface area (Å²) in [6.07, 6.45) is -1.81. The topological polar surface area (TPSA) is 83.5 Å². The average molecular weight is 288 g/mol. The maximum absolute atomic E-state index is 12.1. The summed E-state index contributed by atoms with van der Waals surface area (Å²) in [5.74, 6) is -2.30. The molecule has 0 aromatic carbocycles. The summed E-state index contributed by atoms with van der Waals surface area (Å²) in [4.78, 5) is 12.1. The van der Waals surface area contributed by atoms with Crippen LogP contribution in [0, 0.1) is 0 Å². The highest BCUT2D eigenvalue weighted by atomic mass is 16.8. The number of carbonyl (C=O) groups is 1. The van der Waals surface area contributed by atoms with Crippen LogP contribution in [0.5, 0.6) is 0 Å². The number of rotatable bonds is 2. The normalized spacial score (nSPS) is 45.5. The fourth-order valence-corrected chi connectivity index (χ4v) is 3.03. The molecule has 3 saturated heterocycles. The van der Waals surface area contributed by atoms with Crippen LogP contribution in [-0.2, 0) is 28.5 Å². The third-order valence-corrected chi connectivity index (χ3v) is 3.82. The first kappa shape index (κ1) is 14.2. The predicted molar refractivity (Wildman–Crippen MR) is 64.6 cm³/mol. The van der Waals surface area contributed by atoms with Gasteiger partial charge in [-0.25, -0.2) is 4.79 Å². The summed E-state index contributed by atoms with van der Waals surface area (Å²) in [5.41, 5.74) is -1.47. The number of cyclic esters (lactones) is 1. The summed E-state index contributed by atoms with van der Waals surface area (Å²) in [6, 6.07) is 0. The zero-order valence-corrected chi connectivity index (χ0v) is 12.0. The highest BCUT2D eigenvalue weighted by Gasteiger charge is 2.69. The van der Waals surface area contributed by atoms with Gasteiger partial charge in [0, 0.05) is 0 Å². The Morgan fingerprint density at radius 1 is 1.20 bits per heavy atom. The molecule has 0 saturated carbocycles. The molecule has 0 bridgehead atoms. The van der Waals surface area contributed by atoms with Crippen molar-refractivity contribution < 1.29 is 33.6 Å². The molecule has 3 fully saturated rings. The van der Waals surface area contributed by atoms with E-state index >= 15 is 0 Å². The minimum absolute atomic E-state index is 0.298. The van der Waals surface area contributed by atoms with Gasteiger partial charge in [0.1, 0.15) is 12.2 Å². The second-order valence-electron chi connectivity index (χ2n) is 6.33. The van der Waals surface area contributed by atoms with Gasteiger partial charge in [0.05, 0.1) is 13.2 Å².